The Hall–Kier alpha value is -3.39. The highest BCUT2D eigenvalue weighted by molar-refractivity contribution is 9.10. The van der Waals surface area contributed by atoms with Gasteiger partial charge in [-0.15, -0.1) is 0 Å². The van der Waals surface area contributed by atoms with Crippen LogP contribution in [0.4, 0.5) is 0 Å². The number of aliphatic hydroxyl groups is 1. The number of benzene rings is 2. The highest BCUT2D eigenvalue weighted by atomic mass is 79.9. The molecule has 0 amide bonds. The molecule has 1 N–H and O–H groups in total. The second-order valence-corrected chi connectivity index (χ2v) is 7.10. The molecule has 0 unspecified atom stereocenters. The number of hydrogen-bond acceptors (Lipinski definition) is 5. The number of halogens is 1. The van der Waals surface area contributed by atoms with Gasteiger partial charge in [0.05, 0.1) is 48.9 Å². The molecule has 0 atom stereocenters. The standard InChI is InChI=1S/C22H16BrN3O3/c1-29-21-5-2-14(11-24)8-15(21)9-16(12-25)19-13-26(22(28)6-7-27)20-4-3-17(23)10-18(19)20/h2-5,8-10,13,27H,6-7H2,1H3/b16-9+. The first-order chi connectivity index (χ1) is 14.0. The average molecular weight is 450 g/mol. The Balaban J connectivity index is 2.25. The first-order valence-electron chi connectivity index (χ1n) is 8.67. The van der Waals surface area contributed by atoms with Gasteiger partial charge in [-0.1, -0.05) is 15.9 Å². The van der Waals surface area contributed by atoms with Gasteiger partial charge in [0, 0.05) is 27.2 Å². The van der Waals surface area contributed by atoms with Gasteiger partial charge in [0.15, 0.2) is 0 Å². The molecule has 1 aromatic heterocycles. The Morgan fingerprint density at radius 2 is 2.07 bits per heavy atom. The summed E-state index contributed by atoms with van der Waals surface area (Å²) < 4.78 is 7.60. The first-order valence-corrected chi connectivity index (χ1v) is 9.46. The molecule has 1 heterocycles. The molecule has 29 heavy (non-hydrogen) atoms. The molecule has 0 aliphatic heterocycles. The zero-order chi connectivity index (χ0) is 21.0. The zero-order valence-electron chi connectivity index (χ0n) is 15.5. The van der Waals surface area contributed by atoms with Crippen LogP contribution >= 0.6 is 15.9 Å². The van der Waals surface area contributed by atoms with E-state index in [4.69, 9.17) is 9.84 Å². The maximum absolute atomic E-state index is 12.4. The van der Waals surface area contributed by atoms with E-state index in [1.54, 1.807) is 36.5 Å². The van der Waals surface area contributed by atoms with Crippen LogP contribution in [-0.4, -0.2) is 29.3 Å². The molecule has 0 aliphatic rings. The summed E-state index contributed by atoms with van der Waals surface area (Å²) in [6, 6.07) is 14.6. The summed E-state index contributed by atoms with van der Waals surface area (Å²) in [7, 11) is 1.52. The van der Waals surface area contributed by atoms with Gasteiger partial charge in [-0.25, -0.2) is 0 Å². The van der Waals surface area contributed by atoms with Gasteiger partial charge in [-0.2, -0.15) is 10.5 Å². The van der Waals surface area contributed by atoms with E-state index in [0.717, 1.165) is 4.47 Å². The van der Waals surface area contributed by atoms with Crippen LogP contribution in [0.25, 0.3) is 22.6 Å². The third-order valence-electron chi connectivity index (χ3n) is 4.43. The summed E-state index contributed by atoms with van der Waals surface area (Å²) in [5, 5.41) is 28.9. The lowest BCUT2D eigenvalue weighted by Crippen LogP contribution is -2.10. The van der Waals surface area contributed by atoms with Crippen molar-refractivity contribution < 1.29 is 14.6 Å². The monoisotopic (exact) mass is 449 g/mol. The van der Waals surface area contributed by atoms with E-state index in [1.165, 1.54) is 11.7 Å². The number of nitriles is 2. The third-order valence-corrected chi connectivity index (χ3v) is 4.92. The minimum atomic E-state index is -0.271. The van der Waals surface area contributed by atoms with Gasteiger partial charge >= 0.3 is 0 Å². The number of ether oxygens (including phenoxy) is 1. The Morgan fingerprint density at radius 1 is 1.28 bits per heavy atom. The summed E-state index contributed by atoms with van der Waals surface area (Å²) in [6.45, 7) is -0.260. The quantitative estimate of drug-likeness (QED) is 0.582. The Bertz CT molecular complexity index is 1210. The lowest BCUT2D eigenvalue weighted by molar-refractivity contribution is 0.0881. The molecule has 0 aliphatic carbocycles. The first kappa shape index (κ1) is 20.3. The number of hydrogen-bond donors (Lipinski definition) is 1. The molecule has 3 rings (SSSR count). The van der Waals surface area contributed by atoms with E-state index < -0.39 is 0 Å². The molecule has 0 saturated carbocycles. The van der Waals surface area contributed by atoms with Crippen LogP contribution in [-0.2, 0) is 0 Å². The van der Waals surface area contributed by atoms with Gasteiger partial charge in [0.1, 0.15) is 5.75 Å². The van der Waals surface area contributed by atoms with Gasteiger partial charge in [0.2, 0.25) is 5.91 Å². The summed E-state index contributed by atoms with van der Waals surface area (Å²) in [5.41, 5.74) is 2.55. The van der Waals surface area contributed by atoms with Gasteiger partial charge in [-0.05, 0) is 42.5 Å². The molecule has 0 bridgehead atoms. The maximum atomic E-state index is 12.4. The largest absolute Gasteiger partial charge is 0.496 e. The molecule has 144 valence electrons. The molecule has 6 nitrogen and oxygen atoms in total. The molecule has 0 spiro atoms. The van der Waals surface area contributed by atoms with Crippen LogP contribution in [0.5, 0.6) is 5.75 Å². The Kier molecular flexibility index (Phi) is 6.13. The molecular formula is C22H16BrN3O3. The zero-order valence-corrected chi connectivity index (χ0v) is 17.1. The molecule has 3 aromatic rings. The number of fused-ring (bicyclic) bond motifs is 1. The fourth-order valence-corrected chi connectivity index (χ4v) is 3.44. The summed E-state index contributed by atoms with van der Waals surface area (Å²) in [4.78, 5) is 12.4. The number of methoxy groups -OCH3 is 1. The van der Waals surface area contributed by atoms with Crippen molar-refractivity contribution in [1.82, 2.24) is 4.57 Å². The minimum absolute atomic E-state index is 0.0249. The maximum Gasteiger partial charge on any atom is 0.233 e. The summed E-state index contributed by atoms with van der Waals surface area (Å²) in [5.74, 6) is 0.255. The number of nitrogens with zero attached hydrogens (tertiary/aromatic N) is 3. The van der Waals surface area contributed by atoms with Crippen molar-refractivity contribution in [2.45, 2.75) is 6.42 Å². The third kappa shape index (κ3) is 4.07. The van der Waals surface area contributed by atoms with Gasteiger partial charge in [0.25, 0.3) is 0 Å². The number of aromatic nitrogens is 1. The molecule has 2 aromatic carbocycles. The van der Waals surface area contributed by atoms with Crippen molar-refractivity contribution in [2.24, 2.45) is 0 Å². The van der Waals surface area contributed by atoms with Crippen molar-refractivity contribution >= 4 is 44.4 Å². The minimum Gasteiger partial charge on any atom is -0.496 e. The molecule has 0 fully saturated rings. The average Bonchev–Trinajstić information content (AvgIpc) is 3.10. The Labute approximate surface area is 176 Å². The molecule has 7 heteroatoms. The predicted molar refractivity (Wildman–Crippen MR) is 113 cm³/mol. The van der Waals surface area contributed by atoms with Crippen LogP contribution in [0, 0.1) is 22.7 Å². The fraction of sp³-hybridized carbons (Fsp3) is 0.136. The van der Waals surface area contributed by atoms with Crippen LogP contribution in [0.15, 0.2) is 47.1 Å². The van der Waals surface area contributed by atoms with Crippen molar-refractivity contribution in [1.29, 1.82) is 10.5 Å². The number of aliphatic hydroxyl groups excluding tert-OH is 1. The van der Waals surface area contributed by atoms with Crippen molar-refractivity contribution in [3.05, 3.63) is 63.8 Å². The summed E-state index contributed by atoms with van der Waals surface area (Å²) in [6.07, 6.45) is 3.21. The summed E-state index contributed by atoms with van der Waals surface area (Å²) >= 11 is 3.43. The molecular weight excluding hydrogens is 434 g/mol. The second kappa shape index (κ2) is 8.74. The van der Waals surface area contributed by atoms with E-state index in [9.17, 15) is 15.3 Å². The van der Waals surface area contributed by atoms with Gasteiger partial charge in [-0.3, -0.25) is 9.36 Å². The number of allylic oxidation sites excluding steroid dienone is 1. The van der Waals surface area contributed by atoms with Crippen molar-refractivity contribution in [3.63, 3.8) is 0 Å². The van der Waals surface area contributed by atoms with Crippen molar-refractivity contribution in [3.8, 4) is 17.9 Å². The van der Waals surface area contributed by atoms with E-state index in [2.05, 4.69) is 28.1 Å². The smallest absolute Gasteiger partial charge is 0.233 e. The lowest BCUT2D eigenvalue weighted by Gasteiger charge is -2.06. The van der Waals surface area contributed by atoms with E-state index in [0.29, 0.717) is 38.9 Å². The number of carbonyl (C=O) groups is 1. The van der Waals surface area contributed by atoms with Crippen LogP contribution in [0.1, 0.15) is 27.9 Å². The van der Waals surface area contributed by atoms with Crippen LogP contribution in [0.2, 0.25) is 0 Å². The topological polar surface area (TPSA) is 99.0 Å². The van der Waals surface area contributed by atoms with Crippen LogP contribution < -0.4 is 4.74 Å². The number of carbonyl (C=O) groups excluding carboxylic acids is 1. The lowest BCUT2D eigenvalue weighted by atomic mass is 10.0. The molecule has 0 radical (unpaired) electrons. The normalized spacial score (nSPS) is 11.1. The van der Waals surface area contributed by atoms with Gasteiger partial charge < -0.3 is 9.84 Å². The fourth-order valence-electron chi connectivity index (χ4n) is 3.08. The van der Waals surface area contributed by atoms with E-state index in [1.807, 2.05) is 12.1 Å². The SMILES string of the molecule is COc1ccc(C#N)cc1/C=C(\C#N)c1cn(C(=O)CCO)c2ccc(Br)cc12. The second-order valence-electron chi connectivity index (χ2n) is 6.18. The molecule has 0 saturated heterocycles. The highest BCUT2D eigenvalue weighted by Crippen LogP contribution is 2.32. The van der Waals surface area contributed by atoms with Crippen LogP contribution in [0.3, 0.4) is 0 Å². The van der Waals surface area contributed by atoms with Crippen molar-refractivity contribution in [2.75, 3.05) is 13.7 Å². The number of rotatable bonds is 5. The highest BCUT2D eigenvalue weighted by Gasteiger charge is 2.17. The van der Waals surface area contributed by atoms with E-state index >= 15 is 0 Å². The van der Waals surface area contributed by atoms with E-state index in [-0.39, 0.29) is 18.9 Å². The predicted octanol–water partition coefficient (Wildman–Crippen LogP) is 4.37. The Morgan fingerprint density at radius 3 is 2.72 bits per heavy atom.